The normalized spacial score (nSPS) is 25.3. The Balaban J connectivity index is 1.95. The van der Waals surface area contributed by atoms with Crippen LogP contribution >= 0.6 is 0 Å². The fourth-order valence-electron chi connectivity index (χ4n) is 1.76. The van der Waals surface area contributed by atoms with Gasteiger partial charge < -0.3 is 20.9 Å². The van der Waals surface area contributed by atoms with Gasteiger partial charge in [0, 0.05) is 31.9 Å². The molecule has 2 aliphatic heterocycles. The number of aliphatic hydroxyl groups excluding tert-OH is 1. The van der Waals surface area contributed by atoms with Gasteiger partial charge in [-0.25, -0.2) is 9.79 Å². The Morgan fingerprint density at radius 1 is 1.76 bits per heavy atom. The number of rotatable bonds is 4. The van der Waals surface area contributed by atoms with Crippen LogP contribution in [0, 0.1) is 0 Å². The number of carbonyl (C=O) groups is 1. The standard InChI is InChI=1S/C10H16N4O3/c11-4-7(15)3-8-6-14(10(16)17-8)9-5-12-1-2-13-9/h2,5,7-8,12,15H,1,3-4,6,11H2. The minimum atomic E-state index is -0.644. The van der Waals surface area contributed by atoms with Crippen molar-refractivity contribution in [1.29, 1.82) is 0 Å². The molecule has 0 aromatic heterocycles. The third-order valence-electron chi connectivity index (χ3n) is 2.62. The number of hydrogen-bond acceptors (Lipinski definition) is 6. The van der Waals surface area contributed by atoms with Gasteiger partial charge in [0.1, 0.15) is 6.10 Å². The smallest absolute Gasteiger partial charge is 0.415 e. The van der Waals surface area contributed by atoms with Crippen LogP contribution in [0.15, 0.2) is 17.0 Å². The molecule has 0 bridgehead atoms. The molecule has 0 spiro atoms. The summed E-state index contributed by atoms with van der Waals surface area (Å²) in [4.78, 5) is 17.2. The number of cyclic esters (lactones) is 1. The van der Waals surface area contributed by atoms with Gasteiger partial charge in [-0.15, -0.1) is 0 Å². The van der Waals surface area contributed by atoms with Gasteiger partial charge in [-0.2, -0.15) is 0 Å². The fourth-order valence-corrected chi connectivity index (χ4v) is 1.76. The van der Waals surface area contributed by atoms with E-state index >= 15 is 0 Å². The van der Waals surface area contributed by atoms with Gasteiger partial charge in [-0.05, 0) is 0 Å². The second kappa shape index (κ2) is 5.15. The van der Waals surface area contributed by atoms with Gasteiger partial charge in [0.05, 0.1) is 12.6 Å². The Hall–Kier alpha value is -1.60. The van der Waals surface area contributed by atoms with Gasteiger partial charge >= 0.3 is 6.09 Å². The summed E-state index contributed by atoms with van der Waals surface area (Å²) < 4.78 is 5.13. The molecule has 0 aliphatic carbocycles. The van der Waals surface area contributed by atoms with Crippen molar-refractivity contribution in [3.63, 3.8) is 0 Å². The van der Waals surface area contributed by atoms with E-state index in [1.807, 2.05) is 0 Å². The molecule has 2 aliphatic rings. The average molecular weight is 240 g/mol. The lowest BCUT2D eigenvalue weighted by molar-refractivity contribution is 0.0878. The Bertz CT molecular complexity index is 355. The highest BCUT2D eigenvalue weighted by Crippen LogP contribution is 2.20. The molecule has 7 heteroatoms. The zero-order valence-corrected chi connectivity index (χ0v) is 9.37. The third kappa shape index (κ3) is 2.75. The lowest BCUT2D eigenvalue weighted by Gasteiger charge is -2.16. The highest BCUT2D eigenvalue weighted by molar-refractivity contribution is 5.73. The van der Waals surface area contributed by atoms with Crippen LogP contribution in [-0.4, -0.2) is 54.2 Å². The average Bonchev–Trinajstić information content (AvgIpc) is 2.71. The van der Waals surface area contributed by atoms with Crippen molar-refractivity contribution in [2.75, 3.05) is 19.6 Å². The van der Waals surface area contributed by atoms with Gasteiger partial charge in [0.2, 0.25) is 0 Å². The number of hydrogen-bond donors (Lipinski definition) is 3. The molecule has 2 atom stereocenters. The molecule has 0 saturated carbocycles. The summed E-state index contributed by atoms with van der Waals surface area (Å²) in [5.41, 5.74) is 5.31. The van der Waals surface area contributed by atoms with Gasteiger partial charge in [0.15, 0.2) is 5.82 Å². The topological polar surface area (TPSA) is 100 Å². The van der Waals surface area contributed by atoms with Crippen LogP contribution in [0.25, 0.3) is 0 Å². The second-order valence-electron chi connectivity index (χ2n) is 3.96. The number of nitrogens with two attached hydrogens (primary N) is 1. The number of nitrogens with zero attached hydrogens (tertiary/aromatic N) is 2. The zero-order chi connectivity index (χ0) is 12.3. The van der Waals surface area contributed by atoms with Crippen molar-refractivity contribution in [1.82, 2.24) is 10.2 Å². The van der Waals surface area contributed by atoms with E-state index in [1.165, 1.54) is 4.90 Å². The summed E-state index contributed by atoms with van der Waals surface area (Å²) in [6.45, 7) is 1.21. The Labute approximate surface area is 98.9 Å². The highest BCUT2D eigenvalue weighted by atomic mass is 16.6. The monoisotopic (exact) mass is 240 g/mol. The van der Waals surface area contributed by atoms with Crippen LogP contribution in [0.5, 0.6) is 0 Å². The van der Waals surface area contributed by atoms with E-state index in [4.69, 9.17) is 10.5 Å². The van der Waals surface area contributed by atoms with Gasteiger partial charge in [-0.3, -0.25) is 4.90 Å². The largest absolute Gasteiger partial charge is 0.444 e. The molecule has 4 N–H and O–H groups in total. The molecule has 0 aromatic carbocycles. The van der Waals surface area contributed by atoms with Crippen molar-refractivity contribution < 1.29 is 14.6 Å². The zero-order valence-electron chi connectivity index (χ0n) is 9.37. The third-order valence-corrected chi connectivity index (χ3v) is 2.62. The fraction of sp³-hybridized carbons (Fsp3) is 0.600. The van der Waals surface area contributed by atoms with E-state index in [-0.39, 0.29) is 12.6 Å². The van der Waals surface area contributed by atoms with Crippen LogP contribution in [0.1, 0.15) is 6.42 Å². The van der Waals surface area contributed by atoms with Crippen molar-refractivity contribution in [2.24, 2.45) is 10.7 Å². The van der Waals surface area contributed by atoms with Crippen molar-refractivity contribution in [3.05, 3.63) is 12.0 Å². The van der Waals surface area contributed by atoms with E-state index in [0.29, 0.717) is 25.3 Å². The van der Waals surface area contributed by atoms with Crippen molar-refractivity contribution in [3.8, 4) is 0 Å². The maximum absolute atomic E-state index is 11.6. The molecule has 1 saturated heterocycles. The molecule has 0 radical (unpaired) electrons. The van der Waals surface area contributed by atoms with Crippen LogP contribution < -0.4 is 11.1 Å². The van der Waals surface area contributed by atoms with E-state index in [9.17, 15) is 9.90 Å². The number of carbonyl (C=O) groups excluding carboxylic acids is 1. The van der Waals surface area contributed by atoms with Crippen molar-refractivity contribution in [2.45, 2.75) is 18.6 Å². The van der Waals surface area contributed by atoms with E-state index in [0.717, 1.165) is 0 Å². The molecular weight excluding hydrogens is 224 g/mol. The molecule has 2 rings (SSSR count). The molecule has 94 valence electrons. The van der Waals surface area contributed by atoms with Crippen LogP contribution in [-0.2, 0) is 4.74 Å². The Morgan fingerprint density at radius 3 is 3.24 bits per heavy atom. The Morgan fingerprint density at radius 2 is 2.59 bits per heavy atom. The highest BCUT2D eigenvalue weighted by Gasteiger charge is 2.34. The molecule has 2 unspecified atom stereocenters. The lowest BCUT2D eigenvalue weighted by atomic mass is 10.1. The van der Waals surface area contributed by atoms with Crippen LogP contribution in [0.4, 0.5) is 4.79 Å². The molecule has 1 fully saturated rings. The second-order valence-corrected chi connectivity index (χ2v) is 3.96. The first kappa shape index (κ1) is 11.9. The molecular formula is C10H16N4O3. The minimum absolute atomic E-state index is 0.163. The predicted octanol–water partition coefficient (Wildman–Crippen LogP) is -1.01. The van der Waals surface area contributed by atoms with Crippen molar-refractivity contribution >= 4 is 12.3 Å². The van der Waals surface area contributed by atoms with Crippen LogP contribution in [0.3, 0.4) is 0 Å². The van der Waals surface area contributed by atoms with E-state index in [1.54, 1.807) is 12.4 Å². The quantitative estimate of drug-likeness (QED) is 0.584. The molecule has 2 heterocycles. The number of aliphatic hydroxyl groups is 1. The number of nitrogens with one attached hydrogen (secondary N) is 1. The SMILES string of the molecule is NCC(O)CC1CN(C2=CNCC=N2)C(=O)O1. The molecule has 1 amide bonds. The maximum Gasteiger partial charge on any atom is 0.415 e. The molecule has 0 aromatic rings. The first-order valence-electron chi connectivity index (χ1n) is 5.53. The Kier molecular flexibility index (Phi) is 3.60. The first-order chi connectivity index (χ1) is 8.20. The molecule has 7 nitrogen and oxygen atoms in total. The summed E-state index contributed by atoms with van der Waals surface area (Å²) in [5, 5.41) is 12.4. The predicted molar refractivity (Wildman–Crippen MR) is 61.2 cm³/mol. The van der Waals surface area contributed by atoms with E-state index in [2.05, 4.69) is 10.3 Å². The number of amides is 1. The van der Waals surface area contributed by atoms with Gasteiger partial charge in [-0.1, -0.05) is 0 Å². The summed E-state index contributed by atoms with van der Waals surface area (Å²) in [7, 11) is 0. The number of aliphatic imine (C=N–C) groups is 1. The van der Waals surface area contributed by atoms with E-state index < -0.39 is 12.2 Å². The number of ether oxygens (including phenoxy) is 1. The minimum Gasteiger partial charge on any atom is -0.444 e. The first-order valence-corrected chi connectivity index (χ1v) is 5.53. The summed E-state index contributed by atoms with van der Waals surface area (Å²) >= 11 is 0. The summed E-state index contributed by atoms with van der Waals surface area (Å²) in [6.07, 6.45) is 2.29. The maximum atomic E-state index is 11.6. The van der Waals surface area contributed by atoms with Crippen LogP contribution in [0.2, 0.25) is 0 Å². The molecule has 17 heavy (non-hydrogen) atoms. The summed E-state index contributed by atoms with van der Waals surface area (Å²) in [6, 6.07) is 0. The van der Waals surface area contributed by atoms with Gasteiger partial charge in [0.25, 0.3) is 0 Å². The lowest BCUT2D eigenvalue weighted by Crippen LogP contribution is -2.30. The summed E-state index contributed by atoms with van der Waals surface area (Å²) in [5.74, 6) is 0.533.